The molecule has 1 atom stereocenters. The first kappa shape index (κ1) is 13.7. The van der Waals surface area contributed by atoms with Gasteiger partial charge in [-0.15, -0.1) is 6.58 Å². The first-order chi connectivity index (χ1) is 7.70. The van der Waals surface area contributed by atoms with E-state index in [2.05, 4.69) is 6.58 Å². The molecule has 1 aromatic carbocycles. The molecular formula is C10H9F3O3S. The smallest absolute Gasteiger partial charge is 0.384 e. The highest BCUT2D eigenvalue weighted by Crippen LogP contribution is 2.31. The van der Waals surface area contributed by atoms with Crippen LogP contribution in [-0.2, 0) is 9.84 Å². The number of aliphatic hydroxyl groups is 1. The number of benzene rings is 1. The molecule has 1 aromatic rings. The number of sulfone groups is 1. The predicted octanol–water partition coefficient (Wildman–Crippen LogP) is 2.20. The van der Waals surface area contributed by atoms with Gasteiger partial charge in [0.1, 0.15) is 0 Å². The van der Waals surface area contributed by atoms with Crippen molar-refractivity contribution in [3.8, 4) is 0 Å². The number of hydrogen-bond acceptors (Lipinski definition) is 3. The van der Waals surface area contributed by atoms with Crippen LogP contribution in [0, 0.1) is 0 Å². The molecule has 0 amide bonds. The summed E-state index contributed by atoms with van der Waals surface area (Å²) in [5.74, 6) is 0. The Hall–Kier alpha value is -1.34. The quantitative estimate of drug-likeness (QED) is 0.853. The highest BCUT2D eigenvalue weighted by atomic mass is 32.2. The van der Waals surface area contributed by atoms with Crippen LogP contribution in [-0.4, -0.2) is 19.0 Å². The summed E-state index contributed by atoms with van der Waals surface area (Å²) >= 11 is 0. The Labute approximate surface area is 96.1 Å². The third kappa shape index (κ3) is 2.67. The highest BCUT2D eigenvalue weighted by Gasteiger charge is 2.46. The summed E-state index contributed by atoms with van der Waals surface area (Å²) in [6.45, 7) is 3.26. The van der Waals surface area contributed by atoms with E-state index in [-0.39, 0.29) is 5.56 Å². The van der Waals surface area contributed by atoms with Crippen molar-refractivity contribution in [3.05, 3.63) is 42.5 Å². The minimum absolute atomic E-state index is 0.0327. The first-order valence-electron chi connectivity index (χ1n) is 4.42. The van der Waals surface area contributed by atoms with Crippen molar-refractivity contribution < 1.29 is 26.7 Å². The van der Waals surface area contributed by atoms with E-state index >= 15 is 0 Å². The van der Waals surface area contributed by atoms with Gasteiger partial charge in [-0.1, -0.05) is 18.2 Å². The fraction of sp³-hybridized carbons (Fsp3) is 0.200. The Bertz CT molecular complexity index is 520. The van der Waals surface area contributed by atoms with Crippen molar-refractivity contribution in [1.82, 2.24) is 0 Å². The van der Waals surface area contributed by atoms with Gasteiger partial charge in [-0.3, -0.25) is 0 Å². The molecular weight excluding hydrogens is 257 g/mol. The number of hydrogen-bond donors (Lipinski definition) is 1. The van der Waals surface area contributed by atoms with Gasteiger partial charge in [-0.25, -0.2) is 8.42 Å². The lowest BCUT2D eigenvalue weighted by atomic mass is 10.1. The number of rotatable bonds is 3. The Morgan fingerprint density at radius 1 is 1.35 bits per heavy atom. The number of alkyl halides is 3. The molecule has 0 spiro atoms. The molecule has 0 saturated carbocycles. The minimum atomic E-state index is -5.39. The average molecular weight is 266 g/mol. The molecule has 0 heterocycles. The molecule has 17 heavy (non-hydrogen) atoms. The van der Waals surface area contributed by atoms with E-state index in [0.29, 0.717) is 0 Å². The molecule has 0 fully saturated rings. The van der Waals surface area contributed by atoms with Crippen LogP contribution in [0.2, 0.25) is 0 Å². The van der Waals surface area contributed by atoms with Gasteiger partial charge in [-0.2, -0.15) is 13.2 Å². The lowest BCUT2D eigenvalue weighted by Crippen LogP contribution is -2.23. The Kier molecular flexibility index (Phi) is 3.63. The normalized spacial score (nSPS) is 14.4. The van der Waals surface area contributed by atoms with Crippen LogP contribution < -0.4 is 0 Å². The Morgan fingerprint density at radius 3 is 2.41 bits per heavy atom. The van der Waals surface area contributed by atoms with Crippen LogP contribution in [0.4, 0.5) is 13.2 Å². The van der Waals surface area contributed by atoms with E-state index in [1.165, 1.54) is 6.07 Å². The second kappa shape index (κ2) is 4.50. The van der Waals surface area contributed by atoms with E-state index in [4.69, 9.17) is 0 Å². The molecule has 7 heteroatoms. The van der Waals surface area contributed by atoms with Gasteiger partial charge in [0.2, 0.25) is 0 Å². The van der Waals surface area contributed by atoms with Crippen LogP contribution in [0.3, 0.4) is 0 Å². The van der Waals surface area contributed by atoms with Crippen molar-refractivity contribution in [1.29, 1.82) is 0 Å². The van der Waals surface area contributed by atoms with Crippen molar-refractivity contribution >= 4 is 9.84 Å². The molecule has 0 radical (unpaired) electrons. The zero-order chi connectivity index (χ0) is 13.3. The van der Waals surface area contributed by atoms with Gasteiger partial charge in [0, 0.05) is 0 Å². The van der Waals surface area contributed by atoms with Gasteiger partial charge >= 0.3 is 5.51 Å². The Balaban J connectivity index is 3.31. The maximum Gasteiger partial charge on any atom is 0.501 e. The second-order valence-electron chi connectivity index (χ2n) is 3.20. The molecule has 0 bridgehead atoms. The fourth-order valence-corrected chi connectivity index (χ4v) is 1.95. The second-order valence-corrected chi connectivity index (χ2v) is 5.14. The third-order valence-electron chi connectivity index (χ3n) is 2.04. The first-order valence-corrected chi connectivity index (χ1v) is 5.90. The lowest BCUT2D eigenvalue weighted by Gasteiger charge is -2.10. The van der Waals surface area contributed by atoms with Crippen LogP contribution in [0.25, 0.3) is 0 Å². The van der Waals surface area contributed by atoms with Crippen molar-refractivity contribution in [2.75, 3.05) is 0 Å². The summed E-state index contributed by atoms with van der Waals surface area (Å²) < 4.78 is 59.0. The van der Waals surface area contributed by atoms with E-state index in [1.54, 1.807) is 0 Å². The minimum Gasteiger partial charge on any atom is -0.384 e. The zero-order valence-electron chi connectivity index (χ0n) is 8.48. The summed E-state index contributed by atoms with van der Waals surface area (Å²) in [5, 5.41) is 9.33. The maximum absolute atomic E-state index is 12.3. The summed E-state index contributed by atoms with van der Waals surface area (Å²) in [7, 11) is -5.39. The SMILES string of the molecule is C=CC(O)c1cccc(S(=O)(=O)C(F)(F)F)c1. The fourth-order valence-electron chi connectivity index (χ4n) is 1.14. The van der Waals surface area contributed by atoms with Crippen molar-refractivity contribution in [3.63, 3.8) is 0 Å². The third-order valence-corrected chi connectivity index (χ3v) is 3.52. The predicted molar refractivity (Wildman–Crippen MR) is 54.8 cm³/mol. The van der Waals surface area contributed by atoms with Crippen molar-refractivity contribution in [2.45, 2.75) is 16.5 Å². The van der Waals surface area contributed by atoms with E-state index < -0.39 is 26.3 Å². The molecule has 0 saturated heterocycles. The summed E-state index contributed by atoms with van der Waals surface area (Å²) in [6.07, 6.45) is -0.127. The molecule has 0 aromatic heterocycles. The average Bonchev–Trinajstić information content (AvgIpc) is 2.26. The topological polar surface area (TPSA) is 54.4 Å². The van der Waals surface area contributed by atoms with Crippen LogP contribution >= 0.6 is 0 Å². The lowest BCUT2D eigenvalue weighted by molar-refractivity contribution is -0.0436. The van der Waals surface area contributed by atoms with E-state index in [1.807, 2.05) is 0 Å². The summed E-state index contributed by atoms with van der Waals surface area (Å²) in [5.41, 5.74) is -5.32. The monoisotopic (exact) mass is 266 g/mol. The molecule has 1 N–H and O–H groups in total. The Morgan fingerprint density at radius 2 is 1.94 bits per heavy atom. The maximum atomic E-state index is 12.3. The van der Waals surface area contributed by atoms with Crippen LogP contribution in [0.15, 0.2) is 41.8 Å². The highest BCUT2D eigenvalue weighted by molar-refractivity contribution is 7.92. The molecule has 0 aliphatic heterocycles. The van der Waals surface area contributed by atoms with Crippen LogP contribution in [0.5, 0.6) is 0 Å². The molecule has 94 valence electrons. The molecule has 0 aliphatic rings. The van der Waals surface area contributed by atoms with Crippen LogP contribution in [0.1, 0.15) is 11.7 Å². The zero-order valence-corrected chi connectivity index (χ0v) is 9.29. The number of halogens is 3. The van der Waals surface area contributed by atoms with Gasteiger partial charge in [0.05, 0.1) is 11.0 Å². The summed E-state index contributed by atoms with van der Waals surface area (Å²) in [4.78, 5) is -0.900. The van der Waals surface area contributed by atoms with Gasteiger partial charge < -0.3 is 5.11 Å². The van der Waals surface area contributed by atoms with Gasteiger partial charge in [0.25, 0.3) is 9.84 Å². The molecule has 3 nitrogen and oxygen atoms in total. The molecule has 1 unspecified atom stereocenters. The van der Waals surface area contributed by atoms with E-state index in [9.17, 15) is 26.7 Å². The van der Waals surface area contributed by atoms with Gasteiger partial charge in [0.15, 0.2) is 0 Å². The molecule has 1 rings (SSSR count). The van der Waals surface area contributed by atoms with E-state index in [0.717, 1.165) is 24.3 Å². The molecule has 0 aliphatic carbocycles. The number of aliphatic hydroxyl groups excluding tert-OH is 1. The van der Waals surface area contributed by atoms with Gasteiger partial charge in [-0.05, 0) is 17.7 Å². The standard InChI is InChI=1S/C10H9F3O3S/c1-2-9(14)7-4-3-5-8(6-7)17(15,16)10(11,12)13/h2-6,9,14H,1H2. The largest absolute Gasteiger partial charge is 0.501 e. The summed E-state index contributed by atoms with van der Waals surface area (Å²) in [6, 6.07) is 4.03. The van der Waals surface area contributed by atoms with Crippen molar-refractivity contribution in [2.24, 2.45) is 0 Å².